The van der Waals surface area contributed by atoms with Crippen molar-refractivity contribution in [2.75, 3.05) is 5.32 Å². The van der Waals surface area contributed by atoms with E-state index in [2.05, 4.69) is 64.9 Å². The molecule has 4 heteroatoms. The summed E-state index contributed by atoms with van der Waals surface area (Å²) in [5.41, 5.74) is 3.06. The summed E-state index contributed by atoms with van der Waals surface area (Å²) in [5, 5.41) is 5.95. The zero-order chi connectivity index (χ0) is 19.3. The molecule has 4 nitrogen and oxygen atoms in total. The van der Waals surface area contributed by atoms with Gasteiger partial charge >= 0.3 is 0 Å². The van der Waals surface area contributed by atoms with Crippen LogP contribution in [0, 0.1) is 0 Å². The van der Waals surface area contributed by atoms with Gasteiger partial charge in [0, 0.05) is 28.5 Å². The van der Waals surface area contributed by atoms with Gasteiger partial charge in [0.2, 0.25) is 0 Å². The molecule has 4 aromatic rings. The molecule has 0 radical (unpaired) electrons. The lowest BCUT2D eigenvalue weighted by Gasteiger charge is -2.09. The Morgan fingerprint density at radius 1 is 0.714 bits per heavy atom. The third kappa shape index (κ3) is 3.67. The highest BCUT2D eigenvalue weighted by atomic mass is 16.2. The first-order valence-electron chi connectivity index (χ1n) is 9.03. The number of nitrogens with zero attached hydrogens (tertiary/aromatic N) is 1. The van der Waals surface area contributed by atoms with Gasteiger partial charge in [-0.3, -0.25) is 14.6 Å². The van der Waals surface area contributed by atoms with E-state index in [-0.39, 0.29) is 18.0 Å². The number of fused-ring (bicyclic) bond motifs is 2. The maximum atomic E-state index is 11.0. The first kappa shape index (κ1) is 17.6. The lowest BCUT2D eigenvalue weighted by Crippen LogP contribution is -1.93. The van der Waals surface area contributed by atoms with Crippen molar-refractivity contribution >= 4 is 33.7 Å². The highest BCUT2D eigenvalue weighted by Crippen LogP contribution is 2.26. The largest absolute Gasteiger partial charge is 0.355 e. The fourth-order valence-electron chi connectivity index (χ4n) is 3.19. The van der Waals surface area contributed by atoms with Crippen molar-refractivity contribution in [1.82, 2.24) is 4.98 Å². The summed E-state index contributed by atoms with van der Waals surface area (Å²) in [7, 11) is 0. The Morgan fingerprint density at radius 2 is 1.46 bits per heavy atom. The van der Waals surface area contributed by atoms with E-state index in [1.54, 1.807) is 12.1 Å². The van der Waals surface area contributed by atoms with E-state index in [1.807, 2.05) is 18.2 Å². The smallest absolute Gasteiger partial charge is 0.189 e. The van der Waals surface area contributed by atoms with E-state index in [1.165, 1.54) is 17.0 Å². The van der Waals surface area contributed by atoms with Crippen molar-refractivity contribution in [2.24, 2.45) is 0 Å². The van der Waals surface area contributed by atoms with Crippen molar-refractivity contribution in [2.45, 2.75) is 6.42 Å². The summed E-state index contributed by atoms with van der Waals surface area (Å²) in [4.78, 5) is 25.8. The Balaban J connectivity index is 0.000000151. The van der Waals surface area contributed by atoms with E-state index < -0.39 is 0 Å². The molecule has 5 rings (SSSR count). The molecule has 0 unspecified atom stereocenters. The number of benzene rings is 3. The summed E-state index contributed by atoms with van der Waals surface area (Å²) in [6.45, 7) is 0. The van der Waals surface area contributed by atoms with Crippen LogP contribution in [-0.2, 0) is 0 Å². The number of Topliss-reactive ketones (excluding diaryl/α,β-unsaturated/α-hetero) is 2. The number of ketones is 2. The molecule has 1 aliphatic carbocycles. The van der Waals surface area contributed by atoms with Gasteiger partial charge < -0.3 is 5.32 Å². The van der Waals surface area contributed by atoms with Gasteiger partial charge in [0.05, 0.1) is 6.42 Å². The molecule has 136 valence electrons. The number of hydrogen-bond donors (Lipinski definition) is 1. The zero-order valence-electron chi connectivity index (χ0n) is 15.1. The van der Waals surface area contributed by atoms with E-state index >= 15 is 0 Å². The van der Waals surface area contributed by atoms with Crippen molar-refractivity contribution in [3.63, 3.8) is 0 Å². The first-order chi connectivity index (χ1) is 13.7. The summed E-state index contributed by atoms with van der Waals surface area (Å²) in [6.07, 6.45) is 1.52. The number of hydrogen-bond acceptors (Lipinski definition) is 4. The Morgan fingerprint density at radius 3 is 2.29 bits per heavy atom. The molecule has 0 amide bonds. The van der Waals surface area contributed by atoms with E-state index in [0.717, 1.165) is 11.4 Å². The van der Waals surface area contributed by atoms with E-state index in [4.69, 9.17) is 0 Å². The molecule has 0 saturated heterocycles. The number of carbonyl (C=O) groups is 2. The van der Waals surface area contributed by atoms with Gasteiger partial charge in [0.15, 0.2) is 11.6 Å². The lowest BCUT2D eigenvalue weighted by molar-refractivity contribution is 0.0921. The molecule has 28 heavy (non-hydrogen) atoms. The highest BCUT2D eigenvalue weighted by Gasteiger charge is 2.27. The van der Waals surface area contributed by atoms with Crippen LogP contribution in [0.25, 0.3) is 10.8 Å². The molecule has 1 heterocycles. The van der Waals surface area contributed by atoms with Gasteiger partial charge in [-0.05, 0) is 35.7 Å². The van der Waals surface area contributed by atoms with Crippen LogP contribution < -0.4 is 5.32 Å². The topological polar surface area (TPSA) is 59.1 Å². The third-order valence-corrected chi connectivity index (χ3v) is 4.54. The minimum Gasteiger partial charge on any atom is -0.355 e. The standard InChI is InChI=1S/C16H13N.C8H5NO2/c1-2-9-14(10-3-1)17-16-12-6-8-13-7-4-5-11-15(13)16;10-6-4-7(11)8-5(6)2-1-3-9-8/h1-12,17H;1-3H,4H2. The Kier molecular flexibility index (Phi) is 4.93. The summed E-state index contributed by atoms with van der Waals surface area (Å²) >= 11 is 0. The molecule has 3 aromatic carbocycles. The average Bonchev–Trinajstić information content (AvgIpc) is 3.04. The van der Waals surface area contributed by atoms with Crippen LogP contribution in [0.1, 0.15) is 27.3 Å². The van der Waals surface area contributed by atoms with Gasteiger partial charge in [-0.2, -0.15) is 0 Å². The monoisotopic (exact) mass is 366 g/mol. The summed E-state index contributed by atoms with van der Waals surface area (Å²) < 4.78 is 0. The van der Waals surface area contributed by atoms with Crippen LogP contribution in [0.5, 0.6) is 0 Å². The Labute approximate surface area is 162 Å². The number of anilines is 2. The average molecular weight is 366 g/mol. The van der Waals surface area contributed by atoms with Crippen LogP contribution in [0.15, 0.2) is 91.1 Å². The fourth-order valence-corrected chi connectivity index (χ4v) is 3.19. The van der Waals surface area contributed by atoms with E-state index in [9.17, 15) is 9.59 Å². The molecule has 0 fully saturated rings. The fraction of sp³-hybridized carbons (Fsp3) is 0.0417. The molecule has 0 aliphatic heterocycles. The quantitative estimate of drug-likeness (QED) is 0.480. The first-order valence-corrected chi connectivity index (χ1v) is 9.03. The zero-order valence-corrected chi connectivity index (χ0v) is 15.1. The predicted molar refractivity (Wildman–Crippen MR) is 111 cm³/mol. The number of para-hydroxylation sites is 1. The van der Waals surface area contributed by atoms with Gasteiger partial charge in [0.1, 0.15) is 5.69 Å². The summed E-state index contributed by atoms with van der Waals surface area (Å²) in [5.74, 6) is -0.274. The summed E-state index contributed by atoms with van der Waals surface area (Å²) in [6, 6.07) is 28.2. The number of aromatic nitrogens is 1. The van der Waals surface area contributed by atoms with Crippen LogP contribution in [0.4, 0.5) is 11.4 Å². The molecule has 0 bridgehead atoms. The Bertz CT molecular complexity index is 1120. The molecular formula is C24H18N2O2. The molecule has 0 atom stereocenters. The second-order valence-electron chi connectivity index (χ2n) is 6.44. The second-order valence-corrected chi connectivity index (χ2v) is 6.44. The maximum absolute atomic E-state index is 11.0. The van der Waals surface area contributed by atoms with E-state index in [0.29, 0.717) is 11.3 Å². The van der Waals surface area contributed by atoms with Gasteiger partial charge in [-0.15, -0.1) is 0 Å². The minimum absolute atomic E-state index is 0.00759. The van der Waals surface area contributed by atoms with Crippen LogP contribution in [0.3, 0.4) is 0 Å². The molecule has 1 N–H and O–H groups in total. The molecule has 1 aliphatic rings. The second kappa shape index (κ2) is 7.84. The SMILES string of the molecule is O=C1CC(=O)c2ncccc21.c1ccc(Nc2cccc3ccccc23)cc1. The molecule has 0 saturated carbocycles. The van der Waals surface area contributed by atoms with Crippen LogP contribution >= 0.6 is 0 Å². The molecular weight excluding hydrogens is 348 g/mol. The number of pyridine rings is 1. The van der Waals surface area contributed by atoms with Crippen LogP contribution in [0.2, 0.25) is 0 Å². The van der Waals surface area contributed by atoms with Crippen molar-refractivity contribution in [3.05, 3.63) is 102 Å². The maximum Gasteiger partial charge on any atom is 0.189 e. The van der Waals surface area contributed by atoms with Gasteiger partial charge in [0.25, 0.3) is 0 Å². The number of carbonyl (C=O) groups excluding carboxylic acids is 2. The third-order valence-electron chi connectivity index (χ3n) is 4.54. The van der Waals surface area contributed by atoms with Gasteiger partial charge in [-0.1, -0.05) is 54.6 Å². The van der Waals surface area contributed by atoms with Crippen molar-refractivity contribution in [3.8, 4) is 0 Å². The minimum atomic E-state index is -0.161. The van der Waals surface area contributed by atoms with Crippen LogP contribution in [-0.4, -0.2) is 16.6 Å². The van der Waals surface area contributed by atoms with Gasteiger partial charge in [-0.25, -0.2) is 0 Å². The normalized spacial score (nSPS) is 12.3. The van der Waals surface area contributed by atoms with Crippen molar-refractivity contribution < 1.29 is 9.59 Å². The number of rotatable bonds is 2. The predicted octanol–water partition coefficient (Wildman–Crippen LogP) is 5.43. The Hall–Kier alpha value is -3.79. The van der Waals surface area contributed by atoms with Crippen molar-refractivity contribution in [1.29, 1.82) is 0 Å². The molecule has 0 spiro atoms. The number of nitrogens with one attached hydrogen (secondary N) is 1. The molecule has 1 aromatic heterocycles. The lowest BCUT2D eigenvalue weighted by atomic mass is 10.1. The highest BCUT2D eigenvalue weighted by molar-refractivity contribution is 6.23.